The van der Waals surface area contributed by atoms with Crippen LogP contribution in [0.15, 0.2) is 35.3 Å². The van der Waals surface area contributed by atoms with Crippen molar-refractivity contribution in [1.29, 1.82) is 0 Å². The van der Waals surface area contributed by atoms with Gasteiger partial charge in [-0.3, -0.25) is 0 Å². The number of ether oxygens (including phenoxy) is 2. The van der Waals surface area contributed by atoms with E-state index in [2.05, 4.69) is 25.6 Å². The Morgan fingerprint density at radius 1 is 1.00 bits per heavy atom. The van der Waals surface area contributed by atoms with E-state index in [1.54, 1.807) is 14.2 Å². The second kappa shape index (κ2) is 6.69. The molecule has 3 heterocycles. The first-order valence-corrected chi connectivity index (χ1v) is 9.13. The van der Waals surface area contributed by atoms with Crippen LogP contribution in [0.1, 0.15) is 9.75 Å². The van der Waals surface area contributed by atoms with Gasteiger partial charge < -0.3 is 20.1 Å². The molecule has 9 heteroatoms. The van der Waals surface area contributed by atoms with Crippen LogP contribution in [-0.4, -0.2) is 30.1 Å². The van der Waals surface area contributed by atoms with E-state index >= 15 is 0 Å². The van der Waals surface area contributed by atoms with Crippen molar-refractivity contribution in [1.82, 2.24) is 9.97 Å². The van der Waals surface area contributed by atoms with E-state index in [1.807, 2.05) is 30.3 Å². The molecule has 0 saturated carbocycles. The van der Waals surface area contributed by atoms with Crippen molar-refractivity contribution in [2.45, 2.75) is 6.42 Å². The molecule has 2 N–H and O–H groups in total. The van der Waals surface area contributed by atoms with Crippen LogP contribution in [0, 0.1) is 0 Å². The summed E-state index contributed by atoms with van der Waals surface area (Å²) in [6.07, 6.45) is 0.682. The first kappa shape index (κ1) is 15.9. The average Bonchev–Trinajstić information content (AvgIpc) is 3.18. The molecule has 0 atom stereocenters. The summed E-state index contributed by atoms with van der Waals surface area (Å²) in [7, 11) is 3.22. The highest BCUT2D eigenvalue weighted by atomic mass is 32.1. The van der Waals surface area contributed by atoms with Crippen molar-refractivity contribution < 1.29 is 9.47 Å². The molecule has 1 aliphatic rings. The van der Waals surface area contributed by atoms with Gasteiger partial charge in [0.15, 0.2) is 11.6 Å². The molecule has 2 aromatic heterocycles. The Morgan fingerprint density at radius 2 is 1.72 bits per heavy atom. The number of fused-ring (bicyclic) bond motifs is 2. The fraction of sp³-hybridized carbons (Fsp3) is 0.188. The predicted octanol–water partition coefficient (Wildman–Crippen LogP) is 3.73. The number of anilines is 2. The number of hydrogen-bond donors (Lipinski definition) is 2. The lowest BCUT2D eigenvalue weighted by molar-refractivity contribution is 0.412. The summed E-state index contributed by atoms with van der Waals surface area (Å²) in [6, 6.07) is 9.81. The van der Waals surface area contributed by atoms with Crippen LogP contribution >= 0.6 is 22.7 Å². The van der Waals surface area contributed by atoms with Crippen LogP contribution in [-0.2, 0) is 6.42 Å². The van der Waals surface area contributed by atoms with E-state index in [0.29, 0.717) is 28.6 Å². The Labute approximate surface area is 152 Å². The molecule has 25 heavy (non-hydrogen) atoms. The molecule has 0 amide bonds. The third kappa shape index (κ3) is 3.28. The van der Waals surface area contributed by atoms with E-state index in [9.17, 15) is 0 Å². The third-order valence-electron chi connectivity index (χ3n) is 3.50. The molecule has 0 saturated heterocycles. The van der Waals surface area contributed by atoms with Crippen LogP contribution in [0.3, 0.4) is 0 Å². The Hall–Kier alpha value is -2.65. The van der Waals surface area contributed by atoms with Crippen molar-refractivity contribution in [3.05, 3.63) is 40.1 Å². The van der Waals surface area contributed by atoms with Crippen molar-refractivity contribution in [2.75, 3.05) is 24.9 Å². The molecule has 0 unspecified atom stereocenters. The Morgan fingerprint density at radius 3 is 2.48 bits per heavy atom. The monoisotopic (exact) mass is 373 g/mol. The van der Waals surface area contributed by atoms with Crippen molar-refractivity contribution in [2.24, 2.45) is 4.99 Å². The summed E-state index contributed by atoms with van der Waals surface area (Å²) in [6.45, 7) is 0. The Bertz CT molecular complexity index is 920. The number of para-hydroxylation sites is 1. The van der Waals surface area contributed by atoms with Crippen LogP contribution in [0.25, 0.3) is 0 Å². The number of nitrogens with zero attached hydrogens (tertiary/aromatic N) is 3. The minimum atomic E-state index is 0.550. The number of hydrogen-bond acceptors (Lipinski definition) is 9. The van der Waals surface area contributed by atoms with Gasteiger partial charge in [-0.2, -0.15) is 15.0 Å². The van der Waals surface area contributed by atoms with E-state index in [0.717, 1.165) is 21.3 Å². The molecule has 0 spiro atoms. The fourth-order valence-corrected chi connectivity index (χ4v) is 4.11. The van der Waals surface area contributed by atoms with Crippen molar-refractivity contribution in [3.63, 3.8) is 0 Å². The summed E-state index contributed by atoms with van der Waals surface area (Å²) >= 11 is 2.99. The number of aromatic nitrogens is 2. The topological polar surface area (TPSA) is 80.7 Å². The largest absolute Gasteiger partial charge is 0.473 e. The van der Waals surface area contributed by atoms with E-state index in [1.165, 1.54) is 22.7 Å². The van der Waals surface area contributed by atoms with Crippen LogP contribution in [0.4, 0.5) is 17.3 Å². The number of thiazole rings is 2. The van der Waals surface area contributed by atoms with Gasteiger partial charge >= 0.3 is 0 Å². The highest BCUT2D eigenvalue weighted by molar-refractivity contribution is 7.15. The molecule has 7 nitrogen and oxygen atoms in total. The highest BCUT2D eigenvalue weighted by Gasteiger charge is 2.22. The van der Waals surface area contributed by atoms with Gasteiger partial charge in [-0.05, 0) is 12.1 Å². The third-order valence-corrected chi connectivity index (χ3v) is 5.52. The summed E-state index contributed by atoms with van der Waals surface area (Å²) in [5.74, 6) is 1.93. The zero-order valence-corrected chi connectivity index (χ0v) is 15.2. The van der Waals surface area contributed by atoms with E-state index in [4.69, 9.17) is 9.47 Å². The Kier molecular flexibility index (Phi) is 4.24. The van der Waals surface area contributed by atoms with Crippen LogP contribution in [0.5, 0.6) is 10.4 Å². The summed E-state index contributed by atoms with van der Waals surface area (Å²) in [4.78, 5) is 15.6. The van der Waals surface area contributed by atoms with Crippen molar-refractivity contribution in [3.8, 4) is 10.4 Å². The minimum Gasteiger partial charge on any atom is -0.473 e. The second-order valence-corrected chi connectivity index (χ2v) is 7.23. The first-order chi connectivity index (χ1) is 12.2. The van der Waals surface area contributed by atoms with Crippen LogP contribution < -0.4 is 20.1 Å². The van der Waals surface area contributed by atoms with Crippen LogP contribution in [0.2, 0.25) is 0 Å². The van der Waals surface area contributed by atoms with E-state index in [-0.39, 0.29) is 0 Å². The molecular weight excluding hydrogens is 358 g/mol. The summed E-state index contributed by atoms with van der Waals surface area (Å²) in [5.41, 5.74) is 0.918. The summed E-state index contributed by atoms with van der Waals surface area (Å²) < 4.78 is 10.6. The SMILES string of the molecule is COc1nc2c(s1)Cc1sc(OC)nc1N/C(Nc1ccccc1)=N\2. The number of aliphatic imine (C=N–C) groups is 1. The number of rotatable bonds is 3. The molecule has 0 aliphatic carbocycles. The maximum atomic E-state index is 5.29. The van der Waals surface area contributed by atoms with Gasteiger partial charge in [0.05, 0.1) is 24.0 Å². The predicted molar refractivity (Wildman–Crippen MR) is 101 cm³/mol. The van der Waals surface area contributed by atoms with E-state index < -0.39 is 0 Å². The smallest absolute Gasteiger partial charge is 0.275 e. The fourth-order valence-electron chi connectivity index (χ4n) is 2.36. The maximum Gasteiger partial charge on any atom is 0.275 e. The van der Waals surface area contributed by atoms with Gasteiger partial charge in [0.2, 0.25) is 5.96 Å². The van der Waals surface area contributed by atoms with Gasteiger partial charge in [-0.1, -0.05) is 40.9 Å². The normalized spacial score (nSPS) is 14.9. The molecule has 1 aliphatic heterocycles. The molecule has 0 fully saturated rings. The van der Waals surface area contributed by atoms with Gasteiger partial charge in [-0.25, -0.2) is 0 Å². The molecule has 0 bridgehead atoms. The lowest BCUT2D eigenvalue weighted by Crippen LogP contribution is -2.23. The van der Waals surface area contributed by atoms with Gasteiger partial charge in [-0.15, -0.1) is 0 Å². The number of guanidine groups is 1. The number of benzene rings is 1. The highest BCUT2D eigenvalue weighted by Crippen LogP contribution is 2.39. The zero-order valence-electron chi connectivity index (χ0n) is 13.6. The zero-order chi connectivity index (χ0) is 17.2. The average molecular weight is 373 g/mol. The molecule has 3 aromatic rings. The Balaban J connectivity index is 1.77. The standard InChI is InChI=1S/C16H15N5O2S2/c1-22-15-20-12-10(24-15)8-11-13(21-16(23-2)25-11)19-14(18-12)17-9-6-4-3-5-7-9/h3-7H,8H2,1-2H3,(H2,17,18,19). The first-order valence-electron chi connectivity index (χ1n) is 7.50. The summed E-state index contributed by atoms with van der Waals surface area (Å²) in [5, 5.41) is 7.72. The molecule has 128 valence electrons. The van der Waals surface area contributed by atoms with Gasteiger partial charge in [0, 0.05) is 12.1 Å². The molecule has 1 aromatic carbocycles. The molecule has 0 radical (unpaired) electrons. The quantitative estimate of drug-likeness (QED) is 0.728. The molecule has 4 rings (SSSR count). The number of nitrogens with one attached hydrogen (secondary N) is 2. The number of methoxy groups -OCH3 is 2. The van der Waals surface area contributed by atoms with Gasteiger partial charge in [0.1, 0.15) is 0 Å². The lowest BCUT2D eigenvalue weighted by Gasteiger charge is -2.13. The lowest BCUT2D eigenvalue weighted by atomic mass is 10.3. The van der Waals surface area contributed by atoms with Gasteiger partial charge in [0.25, 0.3) is 10.4 Å². The second-order valence-electron chi connectivity index (χ2n) is 5.14. The maximum absolute atomic E-state index is 5.29. The van der Waals surface area contributed by atoms with Crippen molar-refractivity contribution >= 4 is 46.0 Å². The minimum absolute atomic E-state index is 0.550. The molecular formula is C16H15N5O2S2.